The van der Waals surface area contributed by atoms with Crippen molar-refractivity contribution >= 4 is 46.3 Å². The zero-order valence-corrected chi connectivity index (χ0v) is 25.5. The smallest absolute Gasteiger partial charge is 0.245 e. The van der Waals surface area contributed by atoms with Gasteiger partial charge < -0.3 is 24.6 Å². The predicted octanol–water partition coefficient (Wildman–Crippen LogP) is 1.35. The van der Waals surface area contributed by atoms with Crippen LogP contribution in [0.3, 0.4) is 0 Å². The molecule has 6 rings (SSSR count). The fourth-order valence-corrected chi connectivity index (χ4v) is 7.15. The molecule has 2 fully saturated rings. The maximum absolute atomic E-state index is 12.0. The summed E-state index contributed by atoms with van der Waals surface area (Å²) in [4.78, 5) is 30.3. The van der Waals surface area contributed by atoms with Crippen molar-refractivity contribution in [2.24, 2.45) is 21.8 Å². The third kappa shape index (κ3) is 5.07. The lowest BCUT2D eigenvalue weighted by molar-refractivity contribution is -0.125. The average Bonchev–Trinajstić information content (AvgIpc) is 3.70. The highest BCUT2D eigenvalue weighted by atomic mass is 35.5. The van der Waals surface area contributed by atoms with Crippen LogP contribution in [0, 0.1) is 11.8 Å². The molecule has 3 atom stereocenters. The zero-order chi connectivity index (χ0) is 29.5. The highest BCUT2D eigenvalue weighted by Gasteiger charge is 2.40. The normalized spacial score (nSPS) is 26.1. The maximum Gasteiger partial charge on any atom is 0.245 e. The molecule has 0 spiro atoms. The van der Waals surface area contributed by atoms with Crippen LogP contribution in [-0.2, 0) is 27.2 Å². The number of nitrogens with zero attached hydrogens (tertiary/aromatic N) is 7. The number of fused-ring (bicyclic) bond motifs is 4. The van der Waals surface area contributed by atoms with Gasteiger partial charge in [0, 0.05) is 68.6 Å². The standard InChI is InChI=1S/C29H34Cl2N8O3/c1-5-23(40)38-14-17-12-37(13-18(17)15-38)8-6-7-22-34-28-19(24-25(30)20(41-3)10-21(42-4)26(24)31)9-16-11-33-29(32-2)35-27(16)39(28)36-22/h5,9-10,17-18,25H,1,6-8,11-15H2,2-4H3,(H,32,33)/t17-,18+,25?. The van der Waals surface area contributed by atoms with Gasteiger partial charge in [-0.2, -0.15) is 9.51 Å². The van der Waals surface area contributed by atoms with Crippen LogP contribution in [0.25, 0.3) is 11.2 Å². The Kier molecular flexibility index (Phi) is 7.99. The number of methoxy groups -OCH3 is 2. The predicted molar refractivity (Wildman–Crippen MR) is 161 cm³/mol. The summed E-state index contributed by atoms with van der Waals surface area (Å²) in [6.07, 6.45) is 4.72. The van der Waals surface area contributed by atoms with Gasteiger partial charge in [-0.05, 0) is 36.9 Å². The van der Waals surface area contributed by atoms with Gasteiger partial charge in [-0.15, -0.1) is 16.7 Å². The number of hydrogen-bond donors (Lipinski definition) is 1. The van der Waals surface area contributed by atoms with E-state index in [-0.39, 0.29) is 5.91 Å². The molecule has 222 valence electrons. The molecule has 13 heteroatoms. The molecule has 1 aliphatic carbocycles. The molecule has 5 heterocycles. The summed E-state index contributed by atoms with van der Waals surface area (Å²) in [5, 5.41) is 8.63. The molecule has 42 heavy (non-hydrogen) atoms. The zero-order valence-electron chi connectivity index (χ0n) is 23.9. The van der Waals surface area contributed by atoms with Crippen molar-refractivity contribution in [2.75, 3.05) is 54.0 Å². The molecule has 1 N–H and O–H groups in total. The first-order valence-electron chi connectivity index (χ1n) is 14.0. The number of guanidine groups is 1. The Hall–Kier alpha value is -3.41. The fourth-order valence-electron chi connectivity index (χ4n) is 6.37. The summed E-state index contributed by atoms with van der Waals surface area (Å²) in [6, 6.07) is 2.01. The van der Waals surface area contributed by atoms with Gasteiger partial charge in [0.15, 0.2) is 17.0 Å². The number of hydrogen-bond acceptors (Lipinski definition) is 7. The lowest BCUT2D eigenvalue weighted by Crippen LogP contribution is -2.38. The van der Waals surface area contributed by atoms with E-state index in [9.17, 15) is 4.79 Å². The van der Waals surface area contributed by atoms with E-state index in [0.717, 1.165) is 49.9 Å². The van der Waals surface area contributed by atoms with Crippen molar-refractivity contribution in [3.05, 3.63) is 63.4 Å². The Labute approximate surface area is 253 Å². The summed E-state index contributed by atoms with van der Waals surface area (Å²) in [7, 11) is 4.83. The van der Waals surface area contributed by atoms with Gasteiger partial charge >= 0.3 is 0 Å². The number of halogens is 2. The molecule has 0 bridgehead atoms. The van der Waals surface area contributed by atoms with E-state index in [1.807, 2.05) is 11.0 Å². The van der Waals surface area contributed by atoms with Gasteiger partial charge in [-0.25, -0.2) is 4.98 Å². The van der Waals surface area contributed by atoms with Gasteiger partial charge in [-0.1, -0.05) is 18.2 Å². The number of carbonyl (C=O) groups is 1. The summed E-state index contributed by atoms with van der Waals surface area (Å²) in [5.74, 6) is 3.33. The first-order valence-corrected chi connectivity index (χ1v) is 14.8. The maximum atomic E-state index is 12.0. The Bertz CT molecular complexity index is 1650. The van der Waals surface area contributed by atoms with E-state index >= 15 is 0 Å². The quantitative estimate of drug-likeness (QED) is 0.371. The minimum Gasteiger partial charge on any atom is -0.499 e. The van der Waals surface area contributed by atoms with Crippen molar-refractivity contribution in [2.45, 2.75) is 24.8 Å². The average molecular weight is 614 g/mol. The first kappa shape index (κ1) is 28.7. The van der Waals surface area contributed by atoms with Gasteiger partial charge in [0.25, 0.3) is 0 Å². The molecule has 1 amide bonds. The van der Waals surface area contributed by atoms with Crippen molar-refractivity contribution < 1.29 is 14.3 Å². The number of carbonyl (C=O) groups excluding carboxylic acids is 1. The molecule has 2 saturated heterocycles. The van der Waals surface area contributed by atoms with Crippen molar-refractivity contribution in [1.29, 1.82) is 0 Å². The summed E-state index contributed by atoms with van der Waals surface area (Å²) in [6.45, 7) is 8.73. The number of alkyl halides is 1. The molecule has 2 aromatic heterocycles. The first-order chi connectivity index (χ1) is 20.3. The van der Waals surface area contributed by atoms with E-state index in [4.69, 9.17) is 47.8 Å². The van der Waals surface area contributed by atoms with Gasteiger partial charge in [-0.3, -0.25) is 9.79 Å². The molecule has 11 nitrogen and oxygen atoms in total. The Morgan fingerprint density at radius 2 is 2.00 bits per heavy atom. The van der Waals surface area contributed by atoms with Crippen molar-refractivity contribution in [3.8, 4) is 0 Å². The lowest BCUT2D eigenvalue weighted by Gasteiger charge is -2.23. The SMILES string of the molecule is C=CC(=O)N1C[C@H]2CN(CCCc3nc4c(=C5C(Cl)=C(OC)C=C(OC)C5Cl)cc5c(n4n3)=NC(=NC)NC5)C[C@H]2C1. The Morgan fingerprint density at radius 3 is 2.67 bits per heavy atom. The number of likely N-dealkylation sites (tertiary alicyclic amines) is 2. The molecular weight excluding hydrogens is 579 g/mol. The van der Waals surface area contributed by atoms with Crippen LogP contribution in [-0.4, -0.2) is 95.6 Å². The highest BCUT2D eigenvalue weighted by molar-refractivity contribution is 6.41. The van der Waals surface area contributed by atoms with Gasteiger partial charge in [0.1, 0.15) is 16.9 Å². The number of aryl methyl sites for hydroxylation is 1. The number of rotatable bonds is 7. The molecular formula is C29H34Cl2N8O3. The van der Waals surface area contributed by atoms with Crippen LogP contribution >= 0.6 is 23.2 Å². The number of aliphatic imine (C=N–C) groups is 1. The van der Waals surface area contributed by atoms with E-state index in [1.165, 1.54) is 6.08 Å². The third-order valence-electron chi connectivity index (χ3n) is 8.46. The van der Waals surface area contributed by atoms with Gasteiger partial charge in [0.05, 0.1) is 19.3 Å². The second kappa shape index (κ2) is 11.7. The molecule has 3 aliphatic heterocycles. The summed E-state index contributed by atoms with van der Waals surface area (Å²) < 4.78 is 12.9. The number of amides is 1. The fraction of sp³-hybridized carbons (Fsp3) is 0.483. The van der Waals surface area contributed by atoms with Crippen molar-refractivity contribution in [1.82, 2.24) is 29.7 Å². The number of nitrogens with one attached hydrogen (secondary N) is 1. The van der Waals surface area contributed by atoms with Crippen molar-refractivity contribution in [3.63, 3.8) is 0 Å². The second-order valence-electron chi connectivity index (χ2n) is 10.9. The van der Waals surface area contributed by atoms with Crippen LogP contribution < -0.4 is 16.0 Å². The van der Waals surface area contributed by atoms with Gasteiger partial charge in [0.2, 0.25) is 11.9 Å². The van der Waals surface area contributed by atoms with E-state index in [1.54, 1.807) is 31.9 Å². The third-order valence-corrected chi connectivity index (χ3v) is 9.28. The number of allylic oxidation sites excluding steroid dienone is 3. The highest BCUT2D eigenvalue weighted by Crippen LogP contribution is 2.36. The van der Waals surface area contributed by atoms with Crippen LogP contribution in [0.2, 0.25) is 0 Å². The number of pyridine rings is 1. The topological polar surface area (TPSA) is 109 Å². The van der Waals surface area contributed by atoms with Crippen LogP contribution in [0.4, 0.5) is 0 Å². The summed E-state index contributed by atoms with van der Waals surface area (Å²) >= 11 is 13.8. The number of ether oxygens (including phenoxy) is 2. The Morgan fingerprint density at radius 1 is 1.24 bits per heavy atom. The molecule has 2 aromatic rings. The molecule has 0 radical (unpaired) electrons. The van der Waals surface area contributed by atoms with Crippen LogP contribution in [0.15, 0.2) is 51.3 Å². The molecule has 1 unspecified atom stereocenters. The largest absolute Gasteiger partial charge is 0.499 e. The number of aromatic nitrogens is 3. The van der Waals surface area contributed by atoms with E-state index in [2.05, 4.69) is 21.8 Å². The van der Waals surface area contributed by atoms with E-state index in [0.29, 0.717) is 69.8 Å². The minimum atomic E-state index is -0.642. The van der Waals surface area contributed by atoms with Crippen LogP contribution in [0.5, 0.6) is 0 Å². The molecule has 4 aliphatic rings. The minimum absolute atomic E-state index is 0.0341. The van der Waals surface area contributed by atoms with E-state index < -0.39 is 5.38 Å². The monoisotopic (exact) mass is 612 g/mol. The second-order valence-corrected chi connectivity index (χ2v) is 11.7. The molecule has 0 saturated carbocycles. The summed E-state index contributed by atoms with van der Waals surface area (Å²) in [5.41, 5.74) is 2.85. The lowest BCUT2D eigenvalue weighted by atomic mass is 10.0. The molecule has 0 aromatic carbocycles. The Balaban J connectivity index is 1.31. The van der Waals surface area contributed by atoms with Crippen LogP contribution in [0.1, 0.15) is 17.8 Å².